The van der Waals surface area contributed by atoms with E-state index in [0.717, 1.165) is 10.9 Å². The van der Waals surface area contributed by atoms with E-state index in [1.54, 1.807) is 12.1 Å². The van der Waals surface area contributed by atoms with E-state index in [-0.39, 0.29) is 18.5 Å². The molecule has 0 aliphatic carbocycles. The summed E-state index contributed by atoms with van der Waals surface area (Å²) >= 11 is 0. The number of rotatable bonds is 8. The molecule has 2 atom stereocenters. The highest BCUT2D eigenvalue weighted by atomic mass is 31.1. The SMILES string of the molecule is C#CC(CC[P+](=O)OC)(C(=O)O)c1c(-c2ccc(F)cc2)nc2ccccc2c1C(C)C. The average Bonchev–Trinajstić information content (AvgIpc) is 2.78. The average molecular weight is 452 g/mol. The zero-order valence-corrected chi connectivity index (χ0v) is 19.0. The molecule has 0 saturated heterocycles. The number of aromatic nitrogens is 1. The first-order chi connectivity index (χ1) is 15.2. The molecule has 1 heterocycles. The number of para-hydroxylation sites is 1. The van der Waals surface area contributed by atoms with Crippen molar-refractivity contribution in [1.82, 2.24) is 4.98 Å². The molecule has 0 bridgehead atoms. The summed E-state index contributed by atoms with van der Waals surface area (Å²) in [6.45, 7) is 3.91. The van der Waals surface area contributed by atoms with Crippen LogP contribution in [0.3, 0.4) is 0 Å². The first-order valence-electron chi connectivity index (χ1n) is 10.1. The number of pyridine rings is 1. The van der Waals surface area contributed by atoms with Gasteiger partial charge >= 0.3 is 14.0 Å². The normalized spacial score (nSPS) is 13.6. The van der Waals surface area contributed by atoms with Crippen molar-refractivity contribution in [3.63, 3.8) is 0 Å². The van der Waals surface area contributed by atoms with Crippen molar-refractivity contribution in [1.29, 1.82) is 0 Å². The van der Waals surface area contributed by atoms with Gasteiger partial charge in [0.05, 0.1) is 18.3 Å². The molecule has 164 valence electrons. The van der Waals surface area contributed by atoms with Crippen LogP contribution in [0.2, 0.25) is 0 Å². The predicted octanol–water partition coefficient (Wildman–Crippen LogP) is 5.90. The monoisotopic (exact) mass is 452 g/mol. The van der Waals surface area contributed by atoms with Crippen LogP contribution in [0.15, 0.2) is 48.5 Å². The van der Waals surface area contributed by atoms with Crippen molar-refractivity contribution in [2.75, 3.05) is 13.3 Å². The van der Waals surface area contributed by atoms with Crippen LogP contribution in [0, 0.1) is 18.2 Å². The van der Waals surface area contributed by atoms with Crippen molar-refractivity contribution < 1.29 is 23.4 Å². The second-order valence-corrected chi connectivity index (χ2v) is 9.25. The van der Waals surface area contributed by atoms with Gasteiger partial charge in [0.2, 0.25) is 0 Å². The van der Waals surface area contributed by atoms with Crippen LogP contribution in [0.5, 0.6) is 0 Å². The maximum atomic E-state index is 13.6. The van der Waals surface area contributed by atoms with Gasteiger partial charge in [0.15, 0.2) is 11.6 Å². The Hall–Kier alpha value is -3.13. The Morgan fingerprint density at radius 3 is 2.47 bits per heavy atom. The van der Waals surface area contributed by atoms with E-state index in [0.29, 0.717) is 22.3 Å². The number of fused-ring (bicyclic) bond motifs is 1. The molecule has 0 amide bonds. The Morgan fingerprint density at radius 1 is 1.25 bits per heavy atom. The molecule has 5 nitrogen and oxygen atoms in total. The number of carboxylic acids is 1. The maximum absolute atomic E-state index is 13.6. The number of carbonyl (C=O) groups is 1. The highest BCUT2D eigenvalue weighted by Crippen LogP contribution is 2.44. The van der Waals surface area contributed by atoms with Gasteiger partial charge in [-0.15, -0.1) is 10.9 Å². The molecule has 1 N–H and O–H groups in total. The number of hydrogen-bond acceptors (Lipinski definition) is 4. The van der Waals surface area contributed by atoms with E-state index in [1.807, 2.05) is 38.1 Å². The maximum Gasteiger partial charge on any atom is 0.507 e. The molecule has 0 aliphatic rings. The molecule has 7 heteroatoms. The van der Waals surface area contributed by atoms with Crippen LogP contribution in [0.25, 0.3) is 22.2 Å². The molecule has 0 spiro atoms. The topological polar surface area (TPSA) is 76.5 Å². The lowest BCUT2D eigenvalue weighted by Gasteiger charge is -2.30. The summed E-state index contributed by atoms with van der Waals surface area (Å²) in [7, 11) is -0.767. The molecule has 2 unspecified atom stereocenters. The van der Waals surface area contributed by atoms with Crippen molar-refractivity contribution in [2.24, 2.45) is 0 Å². The largest absolute Gasteiger partial charge is 0.507 e. The summed E-state index contributed by atoms with van der Waals surface area (Å²) in [6.07, 6.45) is 5.76. The van der Waals surface area contributed by atoms with Crippen LogP contribution in [0.4, 0.5) is 4.39 Å². The lowest BCUT2D eigenvalue weighted by Crippen LogP contribution is -2.37. The third-order valence-corrected chi connectivity index (χ3v) is 6.53. The zero-order valence-electron chi connectivity index (χ0n) is 18.1. The quantitative estimate of drug-likeness (QED) is 0.340. The van der Waals surface area contributed by atoms with Crippen LogP contribution in [0.1, 0.15) is 37.3 Å². The number of nitrogens with zero attached hydrogens (tertiary/aromatic N) is 1. The molecular formula is C25H24FNO4P+. The highest BCUT2D eigenvalue weighted by molar-refractivity contribution is 7.39. The summed E-state index contributed by atoms with van der Waals surface area (Å²) < 4.78 is 30.6. The summed E-state index contributed by atoms with van der Waals surface area (Å²) in [4.78, 5) is 17.5. The van der Waals surface area contributed by atoms with E-state index < -0.39 is 25.2 Å². The number of terminal acetylenes is 1. The lowest BCUT2D eigenvalue weighted by atomic mass is 9.72. The predicted molar refractivity (Wildman–Crippen MR) is 123 cm³/mol. The molecule has 0 saturated carbocycles. The van der Waals surface area contributed by atoms with E-state index in [1.165, 1.54) is 19.2 Å². The van der Waals surface area contributed by atoms with Gasteiger partial charge in [-0.3, -0.25) is 4.79 Å². The smallest absolute Gasteiger partial charge is 0.480 e. The summed E-state index contributed by atoms with van der Waals surface area (Å²) in [5.74, 6) is 0.745. The van der Waals surface area contributed by atoms with Gasteiger partial charge < -0.3 is 5.11 Å². The minimum atomic E-state index is -2.07. The molecule has 0 fully saturated rings. The van der Waals surface area contributed by atoms with Gasteiger partial charge in [-0.2, -0.15) is 0 Å². The van der Waals surface area contributed by atoms with Crippen molar-refractivity contribution in [3.05, 3.63) is 65.5 Å². The molecule has 3 aromatic rings. The Balaban J connectivity index is 2.47. The number of hydrogen-bond donors (Lipinski definition) is 1. The van der Waals surface area contributed by atoms with Gasteiger partial charge in [0.1, 0.15) is 5.82 Å². The number of benzene rings is 2. The van der Waals surface area contributed by atoms with Gasteiger partial charge in [-0.1, -0.05) is 38.0 Å². The fraction of sp³-hybridized carbons (Fsp3) is 0.280. The fourth-order valence-corrected chi connectivity index (χ4v) is 4.68. The standard InChI is InChI=1S/C25H23FNO4P/c1-5-25(24(28)29,14-15-32(30)31-4)22-21(16(2)3)19-8-6-7-9-20(19)27-23(22)17-10-12-18(26)13-11-17/h1,6-13,16H,14-15H2,2-4H3/p+1. The van der Waals surface area contributed by atoms with Gasteiger partial charge in [-0.05, 0) is 46.4 Å². The molecule has 0 radical (unpaired) electrons. The minimum absolute atomic E-state index is 0.0322. The van der Waals surface area contributed by atoms with Crippen LogP contribution in [-0.2, 0) is 19.3 Å². The summed E-state index contributed by atoms with van der Waals surface area (Å²) in [5.41, 5.74) is 0.921. The van der Waals surface area contributed by atoms with E-state index in [4.69, 9.17) is 15.9 Å². The third-order valence-electron chi connectivity index (χ3n) is 5.54. The van der Waals surface area contributed by atoms with E-state index >= 15 is 0 Å². The van der Waals surface area contributed by atoms with Gasteiger partial charge in [-0.25, -0.2) is 9.37 Å². The van der Waals surface area contributed by atoms with Gasteiger partial charge in [0.25, 0.3) is 0 Å². The second kappa shape index (κ2) is 9.56. The highest BCUT2D eigenvalue weighted by Gasteiger charge is 2.45. The fourth-order valence-electron chi connectivity index (χ4n) is 3.98. The van der Waals surface area contributed by atoms with Crippen molar-refractivity contribution in [3.8, 4) is 23.6 Å². The Morgan fingerprint density at radius 2 is 1.91 bits per heavy atom. The Bertz CT molecular complexity index is 1220. The lowest BCUT2D eigenvalue weighted by molar-refractivity contribution is -0.141. The number of aliphatic carboxylic acids is 1. The first-order valence-corrected chi connectivity index (χ1v) is 11.5. The van der Waals surface area contributed by atoms with Crippen LogP contribution >= 0.6 is 8.03 Å². The zero-order chi connectivity index (χ0) is 23.5. The van der Waals surface area contributed by atoms with Gasteiger partial charge in [0, 0.05) is 22.9 Å². The second-order valence-electron chi connectivity index (χ2n) is 7.77. The third kappa shape index (κ3) is 4.27. The van der Waals surface area contributed by atoms with Crippen LogP contribution in [-0.4, -0.2) is 29.3 Å². The molecular weight excluding hydrogens is 428 g/mol. The summed E-state index contributed by atoms with van der Waals surface area (Å²) in [6, 6.07) is 13.1. The summed E-state index contributed by atoms with van der Waals surface area (Å²) in [5, 5.41) is 11.2. The molecule has 0 aliphatic heterocycles. The minimum Gasteiger partial charge on any atom is -0.480 e. The molecule has 2 aromatic carbocycles. The first kappa shape index (κ1) is 23.5. The Labute approximate surface area is 187 Å². The van der Waals surface area contributed by atoms with Crippen molar-refractivity contribution >= 4 is 24.9 Å². The Kier molecular flexibility index (Phi) is 7.03. The van der Waals surface area contributed by atoms with Crippen molar-refractivity contribution in [2.45, 2.75) is 31.6 Å². The molecule has 1 aromatic heterocycles. The van der Waals surface area contributed by atoms with E-state index in [2.05, 4.69) is 5.92 Å². The molecule has 3 rings (SSSR count). The van der Waals surface area contributed by atoms with E-state index in [9.17, 15) is 18.9 Å². The number of halogens is 1. The van der Waals surface area contributed by atoms with Crippen LogP contribution < -0.4 is 0 Å². The molecule has 32 heavy (non-hydrogen) atoms. The number of carboxylic acid groups (broad SMARTS) is 1.